The second-order valence-electron chi connectivity index (χ2n) is 4.82. The Morgan fingerprint density at radius 3 is 2.92 bits per heavy atom. The van der Waals surface area contributed by atoms with E-state index in [0.29, 0.717) is 16.2 Å². The molecule has 8 heteroatoms. The van der Waals surface area contributed by atoms with Crippen LogP contribution in [0.2, 0.25) is 5.02 Å². The summed E-state index contributed by atoms with van der Waals surface area (Å²) in [7, 11) is 0. The number of fused-ring (bicyclic) bond motifs is 1. The summed E-state index contributed by atoms with van der Waals surface area (Å²) in [6, 6.07) is 9.95. The zero-order valence-electron chi connectivity index (χ0n) is 11.9. The molecule has 2 aromatic carbocycles. The van der Waals surface area contributed by atoms with Gasteiger partial charge in [-0.2, -0.15) is 5.10 Å². The highest BCUT2D eigenvalue weighted by Crippen LogP contribution is 2.28. The van der Waals surface area contributed by atoms with Crippen LogP contribution in [0.5, 0.6) is 5.75 Å². The molecular formula is C16H9BrClIN2O3. The molecule has 0 unspecified atom stereocenters. The molecule has 0 aliphatic heterocycles. The first kappa shape index (κ1) is 17.2. The van der Waals surface area contributed by atoms with Crippen LogP contribution in [0.3, 0.4) is 0 Å². The van der Waals surface area contributed by atoms with Gasteiger partial charge in [0.1, 0.15) is 11.3 Å². The maximum absolute atomic E-state index is 12.1. The number of phenols is 1. The monoisotopic (exact) mass is 518 g/mol. The van der Waals surface area contributed by atoms with Crippen molar-refractivity contribution in [2.24, 2.45) is 5.10 Å². The molecule has 0 saturated heterocycles. The van der Waals surface area contributed by atoms with Crippen LogP contribution in [0, 0.1) is 3.57 Å². The Bertz CT molecular complexity index is 971. The minimum absolute atomic E-state index is 0.0144. The van der Waals surface area contributed by atoms with E-state index < -0.39 is 5.91 Å². The lowest BCUT2D eigenvalue weighted by Gasteiger charge is -1.99. The van der Waals surface area contributed by atoms with Gasteiger partial charge in [-0.3, -0.25) is 4.79 Å². The molecule has 24 heavy (non-hydrogen) atoms. The molecule has 1 amide bonds. The molecule has 3 rings (SSSR count). The lowest BCUT2D eigenvalue weighted by molar-refractivity contribution is 0.0929. The van der Waals surface area contributed by atoms with Crippen molar-refractivity contribution < 1.29 is 14.3 Å². The van der Waals surface area contributed by atoms with E-state index in [0.717, 1.165) is 13.4 Å². The number of halogens is 3. The van der Waals surface area contributed by atoms with Crippen molar-refractivity contribution in [1.82, 2.24) is 5.43 Å². The number of furan rings is 1. The van der Waals surface area contributed by atoms with E-state index in [1.807, 2.05) is 12.1 Å². The van der Waals surface area contributed by atoms with Crippen molar-refractivity contribution in [2.75, 3.05) is 0 Å². The summed E-state index contributed by atoms with van der Waals surface area (Å²) >= 11 is 11.4. The Kier molecular flexibility index (Phi) is 5.12. The number of aromatic hydroxyl groups is 1. The van der Waals surface area contributed by atoms with E-state index in [2.05, 4.69) is 49.0 Å². The minimum atomic E-state index is -0.490. The zero-order chi connectivity index (χ0) is 17.3. The Morgan fingerprint density at radius 2 is 2.12 bits per heavy atom. The van der Waals surface area contributed by atoms with Crippen LogP contribution in [0.4, 0.5) is 0 Å². The van der Waals surface area contributed by atoms with E-state index in [9.17, 15) is 9.90 Å². The number of benzene rings is 2. The van der Waals surface area contributed by atoms with Crippen molar-refractivity contribution in [3.63, 3.8) is 0 Å². The van der Waals surface area contributed by atoms with Crippen LogP contribution in [-0.4, -0.2) is 17.2 Å². The van der Waals surface area contributed by atoms with Crippen LogP contribution in [0.1, 0.15) is 16.1 Å². The highest BCUT2D eigenvalue weighted by Gasteiger charge is 2.14. The van der Waals surface area contributed by atoms with Crippen LogP contribution >= 0.6 is 50.1 Å². The average Bonchev–Trinajstić information content (AvgIpc) is 2.95. The summed E-state index contributed by atoms with van der Waals surface area (Å²) in [6.07, 6.45) is 1.31. The summed E-state index contributed by atoms with van der Waals surface area (Å²) in [5.41, 5.74) is 3.39. The van der Waals surface area contributed by atoms with Gasteiger partial charge in [0, 0.05) is 20.4 Å². The van der Waals surface area contributed by atoms with Crippen molar-refractivity contribution in [3.8, 4) is 5.75 Å². The first-order valence-electron chi connectivity index (χ1n) is 6.64. The number of hydrogen-bond donors (Lipinski definition) is 2. The number of carbonyl (C=O) groups excluding carboxylic acids is 1. The molecule has 0 radical (unpaired) electrons. The third-order valence-corrected chi connectivity index (χ3v) is 4.61. The largest absolute Gasteiger partial charge is 0.507 e. The summed E-state index contributed by atoms with van der Waals surface area (Å²) in [4.78, 5) is 12.1. The molecule has 0 spiro atoms. The molecule has 0 saturated carbocycles. The highest BCUT2D eigenvalue weighted by atomic mass is 127. The Hall–Kier alpha value is -1.58. The van der Waals surface area contributed by atoms with E-state index >= 15 is 0 Å². The van der Waals surface area contributed by atoms with Gasteiger partial charge in [0.2, 0.25) is 0 Å². The van der Waals surface area contributed by atoms with Gasteiger partial charge in [0.05, 0.1) is 9.78 Å². The molecule has 3 aromatic rings. The number of nitrogens with zero attached hydrogens (tertiary/aromatic N) is 1. The smallest absolute Gasteiger partial charge is 0.307 e. The van der Waals surface area contributed by atoms with Gasteiger partial charge in [-0.05, 0) is 59.0 Å². The average molecular weight is 520 g/mol. The first-order valence-corrected chi connectivity index (χ1v) is 8.89. The molecule has 5 nitrogen and oxygen atoms in total. The molecule has 0 atom stereocenters. The second-order valence-corrected chi connectivity index (χ2v) is 7.33. The fourth-order valence-electron chi connectivity index (χ4n) is 2.03. The Morgan fingerprint density at radius 1 is 1.33 bits per heavy atom. The zero-order valence-corrected chi connectivity index (χ0v) is 16.4. The fourth-order valence-corrected chi connectivity index (χ4v) is 3.87. The first-order chi connectivity index (χ1) is 11.4. The SMILES string of the molecule is O=C(N/N=C\c1cc(Cl)ccc1O)c1cc2cc(Br)cc(I)c2o1. The maximum atomic E-state index is 12.1. The van der Waals surface area contributed by atoms with E-state index in [1.54, 1.807) is 12.1 Å². The van der Waals surface area contributed by atoms with Crippen LogP contribution in [0.15, 0.2) is 50.4 Å². The third-order valence-electron chi connectivity index (χ3n) is 3.12. The Labute approximate surface area is 163 Å². The maximum Gasteiger partial charge on any atom is 0.307 e. The minimum Gasteiger partial charge on any atom is -0.507 e. The van der Waals surface area contributed by atoms with E-state index in [1.165, 1.54) is 18.3 Å². The molecule has 122 valence electrons. The van der Waals surface area contributed by atoms with Gasteiger partial charge < -0.3 is 9.52 Å². The third kappa shape index (κ3) is 3.73. The van der Waals surface area contributed by atoms with Crippen LogP contribution < -0.4 is 5.43 Å². The summed E-state index contributed by atoms with van der Waals surface area (Å²) in [6.45, 7) is 0. The normalized spacial score (nSPS) is 11.3. The van der Waals surface area contributed by atoms with Gasteiger partial charge >= 0.3 is 5.91 Å². The van der Waals surface area contributed by atoms with Crippen molar-refractivity contribution in [1.29, 1.82) is 0 Å². The van der Waals surface area contributed by atoms with Crippen molar-refractivity contribution in [2.45, 2.75) is 0 Å². The van der Waals surface area contributed by atoms with Crippen molar-refractivity contribution in [3.05, 3.63) is 60.8 Å². The molecular weight excluding hydrogens is 510 g/mol. The highest BCUT2D eigenvalue weighted by molar-refractivity contribution is 14.1. The summed E-state index contributed by atoms with van der Waals surface area (Å²) < 4.78 is 7.37. The number of phenolic OH excluding ortho intramolecular Hbond substituents is 1. The number of hydrogen-bond acceptors (Lipinski definition) is 4. The van der Waals surface area contributed by atoms with Crippen molar-refractivity contribution >= 4 is 73.2 Å². The van der Waals surface area contributed by atoms with Gasteiger partial charge in [0.25, 0.3) is 0 Å². The molecule has 1 heterocycles. The topological polar surface area (TPSA) is 74.8 Å². The molecule has 0 aliphatic carbocycles. The van der Waals surface area contributed by atoms with Gasteiger partial charge in [-0.25, -0.2) is 5.43 Å². The number of hydrazone groups is 1. The lowest BCUT2D eigenvalue weighted by Crippen LogP contribution is -2.16. The fraction of sp³-hybridized carbons (Fsp3) is 0. The van der Waals surface area contributed by atoms with Crippen LogP contribution in [-0.2, 0) is 0 Å². The Balaban J connectivity index is 1.79. The number of rotatable bonds is 3. The van der Waals surface area contributed by atoms with E-state index in [-0.39, 0.29) is 11.5 Å². The summed E-state index contributed by atoms with van der Waals surface area (Å²) in [5, 5.41) is 14.8. The number of amides is 1. The summed E-state index contributed by atoms with van der Waals surface area (Å²) in [5.74, 6) is -0.329. The molecule has 2 N–H and O–H groups in total. The quantitative estimate of drug-likeness (QED) is 0.293. The molecule has 1 aromatic heterocycles. The molecule has 0 fully saturated rings. The lowest BCUT2D eigenvalue weighted by atomic mass is 10.2. The predicted octanol–water partition coefficient (Wildman–Crippen LogP) is 4.92. The molecule has 0 aliphatic rings. The second kappa shape index (κ2) is 7.12. The van der Waals surface area contributed by atoms with Gasteiger partial charge in [-0.15, -0.1) is 0 Å². The van der Waals surface area contributed by atoms with E-state index in [4.69, 9.17) is 16.0 Å². The molecule has 0 bridgehead atoms. The van der Waals surface area contributed by atoms with Crippen LogP contribution in [0.25, 0.3) is 11.0 Å². The van der Waals surface area contributed by atoms with Gasteiger partial charge in [-0.1, -0.05) is 27.5 Å². The number of carbonyl (C=O) groups is 1. The standard InChI is InChI=1S/C16H9BrClIN2O3/c17-10-3-8-5-14(24-15(8)12(19)6-10)16(23)21-20-7-9-4-11(18)1-2-13(9)22/h1-7,22H,(H,21,23)/b20-7-. The predicted molar refractivity (Wildman–Crippen MR) is 105 cm³/mol. The number of nitrogens with one attached hydrogen (secondary N) is 1. The van der Waals surface area contributed by atoms with Gasteiger partial charge in [0.15, 0.2) is 5.76 Å².